The van der Waals surface area contributed by atoms with E-state index >= 15 is 0 Å². The maximum atomic E-state index is 14.7. The van der Waals surface area contributed by atoms with Gasteiger partial charge in [-0.25, -0.2) is 8.78 Å². The summed E-state index contributed by atoms with van der Waals surface area (Å²) in [6.07, 6.45) is 14.9. The summed E-state index contributed by atoms with van der Waals surface area (Å²) in [6, 6.07) is 6.80. The van der Waals surface area contributed by atoms with Crippen LogP contribution >= 0.6 is 0 Å². The summed E-state index contributed by atoms with van der Waals surface area (Å²) in [5.41, 5.74) is 3.80. The number of benzene rings is 1. The molecular formula is C31H37F4NO. The number of pyridine rings is 1. The van der Waals surface area contributed by atoms with E-state index in [1.165, 1.54) is 11.1 Å². The lowest BCUT2D eigenvalue weighted by molar-refractivity contribution is -0.223. The predicted octanol–water partition coefficient (Wildman–Crippen LogP) is 9.01. The third-order valence-corrected chi connectivity index (χ3v) is 7.81. The maximum absolute atomic E-state index is 14.7. The van der Waals surface area contributed by atoms with Gasteiger partial charge in [0.15, 0.2) is 11.6 Å². The molecule has 2 nitrogen and oxygen atoms in total. The van der Waals surface area contributed by atoms with Crippen LogP contribution in [0.1, 0.15) is 76.0 Å². The van der Waals surface area contributed by atoms with Crippen molar-refractivity contribution in [2.24, 2.45) is 17.8 Å². The van der Waals surface area contributed by atoms with E-state index in [2.05, 4.69) is 42.3 Å². The maximum Gasteiger partial charge on any atom is 0.400 e. The Morgan fingerprint density at radius 1 is 1.00 bits per heavy atom. The van der Waals surface area contributed by atoms with Gasteiger partial charge in [0.1, 0.15) is 5.75 Å². The molecule has 2 aliphatic carbocycles. The van der Waals surface area contributed by atoms with E-state index in [4.69, 9.17) is 4.74 Å². The molecule has 37 heavy (non-hydrogen) atoms. The normalized spacial score (nSPS) is 22.7. The predicted molar refractivity (Wildman–Crippen MR) is 138 cm³/mol. The Bertz CT molecular complexity index is 1070. The van der Waals surface area contributed by atoms with Crippen molar-refractivity contribution in [2.75, 3.05) is 0 Å². The first-order chi connectivity index (χ1) is 17.8. The Hall–Kier alpha value is -2.63. The molecule has 1 fully saturated rings. The van der Waals surface area contributed by atoms with Crippen LogP contribution < -0.4 is 4.74 Å². The minimum absolute atomic E-state index is 0.345. The average Bonchev–Trinajstić information content (AvgIpc) is 2.90. The van der Waals surface area contributed by atoms with Gasteiger partial charge in [0, 0.05) is 24.4 Å². The molecule has 1 unspecified atom stereocenters. The zero-order valence-electron chi connectivity index (χ0n) is 21.6. The van der Waals surface area contributed by atoms with Crippen molar-refractivity contribution >= 4 is 0 Å². The van der Waals surface area contributed by atoms with Gasteiger partial charge in [0.05, 0.1) is 5.92 Å². The van der Waals surface area contributed by atoms with E-state index in [0.29, 0.717) is 43.6 Å². The van der Waals surface area contributed by atoms with E-state index < -0.39 is 23.7 Å². The molecule has 6 heteroatoms. The minimum atomic E-state index is -3.40. The molecule has 200 valence electrons. The van der Waals surface area contributed by atoms with Gasteiger partial charge in [-0.3, -0.25) is 4.98 Å². The second-order valence-corrected chi connectivity index (χ2v) is 10.5. The molecule has 2 aromatic rings. The number of nitrogens with zero attached hydrogens (tertiary/aromatic N) is 1. The molecule has 0 spiro atoms. The number of halogens is 4. The van der Waals surface area contributed by atoms with E-state index in [9.17, 15) is 17.6 Å². The molecule has 1 atom stereocenters. The van der Waals surface area contributed by atoms with Crippen LogP contribution in [-0.2, 0) is 12.8 Å². The lowest BCUT2D eigenvalue weighted by atomic mass is 9.74. The Morgan fingerprint density at radius 3 is 2.46 bits per heavy atom. The molecule has 0 amide bonds. The number of ether oxygens (including phenoxy) is 1. The van der Waals surface area contributed by atoms with Crippen molar-refractivity contribution in [1.29, 1.82) is 0 Å². The van der Waals surface area contributed by atoms with Crippen molar-refractivity contribution in [2.45, 2.75) is 83.7 Å². The highest BCUT2D eigenvalue weighted by molar-refractivity contribution is 5.24. The van der Waals surface area contributed by atoms with Crippen molar-refractivity contribution in [3.05, 3.63) is 83.2 Å². The van der Waals surface area contributed by atoms with Gasteiger partial charge in [-0.15, -0.1) is 0 Å². The first-order valence-corrected chi connectivity index (χ1v) is 13.6. The highest BCUT2D eigenvalue weighted by atomic mass is 19.3. The molecular weight excluding hydrogens is 478 g/mol. The number of aryl methyl sites for hydroxylation is 1. The minimum Gasteiger partial charge on any atom is -0.432 e. The summed E-state index contributed by atoms with van der Waals surface area (Å²) < 4.78 is 60.6. The van der Waals surface area contributed by atoms with Crippen molar-refractivity contribution < 1.29 is 22.3 Å². The first-order valence-electron chi connectivity index (χ1n) is 13.6. The molecule has 0 N–H and O–H groups in total. The molecule has 0 bridgehead atoms. The molecule has 2 aliphatic rings. The standard InChI is InChI=1S/C31H37F4NO/c1-2-5-23-10-17-27(36-21-23)7-4-3-6-22-8-11-24(12-9-22)25-13-15-26(16-14-25)31(34,35)37-28-18-19-29(32)30(33)20-28/h3-4,10-11,17-22,25-26H,2,5-9,12-16H2,1H3/b4-3-. The summed E-state index contributed by atoms with van der Waals surface area (Å²) in [7, 11) is 0. The van der Waals surface area contributed by atoms with E-state index in [1.807, 2.05) is 6.20 Å². The molecule has 0 aliphatic heterocycles. The van der Waals surface area contributed by atoms with E-state index in [-0.39, 0.29) is 5.75 Å². The highest BCUT2D eigenvalue weighted by Crippen LogP contribution is 2.44. The second kappa shape index (κ2) is 12.7. The molecule has 0 saturated heterocycles. The monoisotopic (exact) mass is 515 g/mol. The molecule has 1 aromatic heterocycles. The topological polar surface area (TPSA) is 22.1 Å². The quantitative estimate of drug-likeness (QED) is 0.233. The third kappa shape index (κ3) is 7.68. The van der Waals surface area contributed by atoms with Gasteiger partial charge >= 0.3 is 6.11 Å². The zero-order chi connectivity index (χ0) is 26.3. The van der Waals surface area contributed by atoms with Crippen LogP contribution in [-0.4, -0.2) is 11.1 Å². The smallest absolute Gasteiger partial charge is 0.400 e. The number of rotatable bonds is 10. The fourth-order valence-electron chi connectivity index (χ4n) is 5.58. The molecule has 1 aromatic carbocycles. The number of hydrogen-bond acceptors (Lipinski definition) is 2. The van der Waals surface area contributed by atoms with Gasteiger partial charge in [-0.05, 0) is 93.4 Å². The summed E-state index contributed by atoms with van der Waals surface area (Å²) in [5, 5.41) is 0. The number of allylic oxidation sites excluding steroid dienone is 4. The van der Waals surface area contributed by atoms with Crippen LogP contribution in [0.5, 0.6) is 5.75 Å². The average molecular weight is 516 g/mol. The SMILES string of the molecule is CCCc1ccc(C/C=C\CC2CC=C(C3CCC(C(F)(F)Oc4ccc(F)c(F)c4)CC3)CC2)nc1. The Kier molecular flexibility index (Phi) is 9.44. The van der Waals surface area contributed by atoms with Crippen molar-refractivity contribution in [3.8, 4) is 5.75 Å². The molecule has 4 rings (SSSR count). The largest absolute Gasteiger partial charge is 0.432 e. The van der Waals surface area contributed by atoms with Gasteiger partial charge in [0.25, 0.3) is 0 Å². The van der Waals surface area contributed by atoms with Crippen LogP contribution in [0.25, 0.3) is 0 Å². The van der Waals surface area contributed by atoms with E-state index in [0.717, 1.165) is 62.8 Å². The fourth-order valence-corrected chi connectivity index (χ4v) is 5.58. The van der Waals surface area contributed by atoms with Crippen molar-refractivity contribution in [3.63, 3.8) is 0 Å². The van der Waals surface area contributed by atoms with Crippen LogP contribution in [0.4, 0.5) is 17.6 Å². The molecule has 1 saturated carbocycles. The lowest BCUT2D eigenvalue weighted by Crippen LogP contribution is -2.37. The second-order valence-electron chi connectivity index (χ2n) is 10.5. The van der Waals surface area contributed by atoms with Crippen LogP contribution in [0.15, 0.2) is 60.3 Å². The highest BCUT2D eigenvalue weighted by Gasteiger charge is 2.44. The van der Waals surface area contributed by atoms with Crippen LogP contribution in [0, 0.1) is 29.4 Å². The van der Waals surface area contributed by atoms with Crippen LogP contribution in [0.3, 0.4) is 0 Å². The Balaban J connectivity index is 1.19. The van der Waals surface area contributed by atoms with Gasteiger partial charge in [-0.2, -0.15) is 8.78 Å². The number of hydrogen-bond donors (Lipinski definition) is 0. The lowest BCUT2D eigenvalue weighted by Gasteiger charge is -2.35. The van der Waals surface area contributed by atoms with Crippen LogP contribution in [0.2, 0.25) is 0 Å². The summed E-state index contributed by atoms with van der Waals surface area (Å²) >= 11 is 0. The summed E-state index contributed by atoms with van der Waals surface area (Å²) in [5.74, 6) is -2.55. The summed E-state index contributed by atoms with van der Waals surface area (Å²) in [4.78, 5) is 4.55. The van der Waals surface area contributed by atoms with Gasteiger partial charge < -0.3 is 4.74 Å². The first kappa shape index (κ1) is 27.4. The Morgan fingerprint density at radius 2 is 1.81 bits per heavy atom. The van der Waals surface area contributed by atoms with Crippen molar-refractivity contribution in [1.82, 2.24) is 4.98 Å². The summed E-state index contributed by atoms with van der Waals surface area (Å²) in [6.45, 7) is 2.17. The van der Waals surface area contributed by atoms with Gasteiger partial charge in [-0.1, -0.05) is 43.2 Å². The fraction of sp³-hybridized carbons (Fsp3) is 0.516. The third-order valence-electron chi connectivity index (χ3n) is 7.81. The number of aromatic nitrogens is 1. The Labute approximate surface area is 217 Å². The zero-order valence-corrected chi connectivity index (χ0v) is 21.6. The molecule has 1 heterocycles. The number of alkyl halides is 2. The molecule has 0 radical (unpaired) electrons. The van der Waals surface area contributed by atoms with E-state index in [1.54, 1.807) is 0 Å². The van der Waals surface area contributed by atoms with Gasteiger partial charge in [0.2, 0.25) is 0 Å².